The molecule has 1 aromatic carbocycles. The predicted octanol–water partition coefficient (Wildman–Crippen LogP) is 2.69. The number of carbonyl (C=O) groups excluding carboxylic acids is 1. The van der Waals surface area contributed by atoms with Crippen molar-refractivity contribution >= 4 is 32.3 Å². The average molecular weight is 372 g/mol. The van der Waals surface area contributed by atoms with Crippen molar-refractivity contribution in [1.29, 1.82) is 0 Å². The Morgan fingerprint density at radius 3 is 2.77 bits per heavy atom. The molecule has 2 heterocycles. The number of hydrogen-bond donors (Lipinski definition) is 2. The molecular weight excluding hydrogens is 356 g/mol. The predicted molar refractivity (Wildman–Crippen MR) is 98.3 cm³/mol. The molecule has 0 aliphatic heterocycles. The molecule has 9 heteroatoms. The first-order valence-corrected chi connectivity index (χ1v) is 8.59. The van der Waals surface area contributed by atoms with Crippen LogP contribution < -0.4 is 11.1 Å². The molecule has 0 saturated carbocycles. The van der Waals surface area contributed by atoms with E-state index in [-0.39, 0.29) is 19.1 Å². The number of benzene rings is 1. The maximum atomic E-state index is 12.6. The summed E-state index contributed by atoms with van der Waals surface area (Å²) in [5.74, 6) is -0.731. The summed E-state index contributed by atoms with van der Waals surface area (Å²) < 4.78 is 0.988. The molecule has 0 fully saturated rings. The molecule has 0 aliphatic rings. The maximum Gasteiger partial charge on any atom is 0.294 e. The molecule has 8 nitrogen and oxygen atoms in total. The van der Waals surface area contributed by atoms with Gasteiger partial charge in [0.15, 0.2) is 0 Å². The first-order valence-electron chi connectivity index (χ1n) is 7.77. The average Bonchev–Trinajstić information content (AvgIpc) is 3.03. The van der Waals surface area contributed by atoms with Crippen LogP contribution >= 0.6 is 11.3 Å². The summed E-state index contributed by atoms with van der Waals surface area (Å²) in [6.07, 6.45) is 3.45. The van der Waals surface area contributed by atoms with Crippen molar-refractivity contribution in [2.24, 2.45) is 5.73 Å². The molecule has 0 bridgehead atoms. The maximum absolute atomic E-state index is 12.6. The van der Waals surface area contributed by atoms with Gasteiger partial charge in [0.1, 0.15) is 6.61 Å². The highest BCUT2D eigenvalue weighted by molar-refractivity contribution is 7.22. The normalized spacial score (nSPS) is 11.9. The fourth-order valence-corrected chi connectivity index (χ4v) is 3.46. The second kappa shape index (κ2) is 7.89. The molecule has 3 aromatic rings. The number of carbonyl (C=O) groups is 1. The lowest BCUT2D eigenvalue weighted by molar-refractivity contribution is -0.763. The molecular formula is C17H16N4O4S. The van der Waals surface area contributed by atoms with Crippen LogP contribution in [-0.2, 0) is 16.2 Å². The van der Waals surface area contributed by atoms with Crippen molar-refractivity contribution in [3.8, 4) is 0 Å². The lowest BCUT2D eigenvalue weighted by atomic mass is 9.97. The largest absolute Gasteiger partial charge is 0.329 e. The minimum Gasteiger partial charge on any atom is -0.329 e. The van der Waals surface area contributed by atoms with Crippen molar-refractivity contribution in [2.45, 2.75) is 12.5 Å². The number of hydrogen-bond acceptors (Lipinski definition) is 7. The Kier molecular flexibility index (Phi) is 5.40. The van der Waals surface area contributed by atoms with Crippen LogP contribution in [-0.4, -0.2) is 22.5 Å². The summed E-state index contributed by atoms with van der Waals surface area (Å²) in [6.45, 7) is 0.00557. The first-order chi connectivity index (χ1) is 12.6. The SMILES string of the molecule is NC[C@@H](C(=O)Nc1cc2ccncc2s1)c1ccc(CO[N+](=O)[O-])cc1. The molecule has 3 rings (SSSR count). The summed E-state index contributed by atoms with van der Waals surface area (Å²) in [5, 5.41) is 14.0. The molecule has 0 unspecified atom stereocenters. The van der Waals surface area contributed by atoms with Crippen LogP contribution in [0.5, 0.6) is 0 Å². The van der Waals surface area contributed by atoms with E-state index in [9.17, 15) is 14.9 Å². The van der Waals surface area contributed by atoms with Gasteiger partial charge in [-0.1, -0.05) is 24.3 Å². The molecule has 0 radical (unpaired) electrons. The third kappa shape index (κ3) is 4.13. The van der Waals surface area contributed by atoms with E-state index in [0.29, 0.717) is 5.56 Å². The molecule has 2 aromatic heterocycles. The zero-order valence-electron chi connectivity index (χ0n) is 13.6. The van der Waals surface area contributed by atoms with Crippen molar-refractivity contribution in [1.82, 2.24) is 4.98 Å². The molecule has 3 N–H and O–H groups in total. The van der Waals surface area contributed by atoms with Gasteiger partial charge in [0.05, 0.1) is 15.6 Å². The Balaban J connectivity index is 1.70. The summed E-state index contributed by atoms with van der Waals surface area (Å²) in [4.78, 5) is 31.2. The van der Waals surface area contributed by atoms with Gasteiger partial charge in [0, 0.05) is 18.9 Å². The second-order valence-electron chi connectivity index (χ2n) is 5.54. The number of rotatable bonds is 7. The minimum atomic E-state index is -0.843. The highest BCUT2D eigenvalue weighted by atomic mass is 32.1. The fraction of sp³-hybridized carbons (Fsp3) is 0.176. The Hall–Kier alpha value is -3.04. The van der Waals surface area contributed by atoms with Gasteiger partial charge in [0.2, 0.25) is 5.91 Å². The zero-order valence-corrected chi connectivity index (χ0v) is 14.4. The van der Waals surface area contributed by atoms with E-state index in [2.05, 4.69) is 15.1 Å². The van der Waals surface area contributed by atoms with E-state index in [1.165, 1.54) is 11.3 Å². The smallest absolute Gasteiger partial charge is 0.294 e. The second-order valence-corrected chi connectivity index (χ2v) is 6.62. The minimum absolute atomic E-state index is 0.136. The molecule has 1 amide bonds. The molecule has 0 spiro atoms. The van der Waals surface area contributed by atoms with Crippen molar-refractivity contribution in [2.75, 3.05) is 11.9 Å². The van der Waals surface area contributed by atoms with Crippen molar-refractivity contribution < 1.29 is 14.7 Å². The summed E-state index contributed by atoms with van der Waals surface area (Å²) >= 11 is 1.44. The summed E-state index contributed by atoms with van der Waals surface area (Å²) in [5.41, 5.74) is 7.16. The molecule has 134 valence electrons. The van der Waals surface area contributed by atoms with Gasteiger partial charge in [-0.2, -0.15) is 0 Å². The van der Waals surface area contributed by atoms with Gasteiger partial charge in [-0.3, -0.25) is 9.78 Å². The summed E-state index contributed by atoms with van der Waals surface area (Å²) in [6, 6.07) is 10.6. The van der Waals surface area contributed by atoms with Crippen LogP contribution in [0.15, 0.2) is 48.8 Å². The van der Waals surface area contributed by atoms with Crippen LogP contribution in [0, 0.1) is 10.1 Å². The van der Waals surface area contributed by atoms with Gasteiger partial charge < -0.3 is 15.9 Å². The third-order valence-corrected chi connectivity index (χ3v) is 4.84. The van der Waals surface area contributed by atoms with Crippen LogP contribution in [0.4, 0.5) is 5.00 Å². The highest BCUT2D eigenvalue weighted by Gasteiger charge is 2.20. The Morgan fingerprint density at radius 2 is 2.12 bits per heavy atom. The van der Waals surface area contributed by atoms with Gasteiger partial charge in [0.25, 0.3) is 5.09 Å². The number of anilines is 1. The number of fused-ring (bicyclic) bond motifs is 1. The van der Waals surface area contributed by atoms with Gasteiger partial charge in [-0.15, -0.1) is 21.5 Å². The number of amides is 1. The van der Waals surface area contributed by atoms with Crippen LogP contribution in [0.25, 0.3) is 10.1 Å². The Labute approximate surface area is 152 Å². The van der Waals surface area contributed by atoms with E-state index in [1.807, 2.05) is 12.1 Å². The Bertz CT molecular complexity index is 893. The molecule has 26 heavy (non-hydrogen) atoms. The van der Waals surface area contributed by atoms with Crippen LogP contribution in [0.2, 0.25) is 0 Å². The zero-order chi connectivity index (χ0) is 18.5. The van der Waals surface area contributed by atoms with E-state index in [1.54, 1.807) is 36.7 Å². The Morgan fingerprint density at radius 1 is 1.35 bits per heavy atom. The number of thiophene rings is 1. The van der Waals surface area contributed by atoms with Crippen LogP contribution in [0.1, 0.15) is 17.0 Å². The van der Waals surface area contributed by atoms with Gasteiger partial charge in [-0.05, 0) is 28.6 Å². The fourth-order valence-electron chi connectivity index (χ4n) is 2.52. The quantitative estimate of drug-likeness (QED) is 0.486. The molecule has 0 aliphatic carbocycles. The monoisotopic (exact) mass is 372 g/mol. The third-order valence-electron chi connectivity index (χ3n) is 3.84. The standard InChI is InChI=1S/C17H16N4O4S/c18-8-14(12-3-1-11(2-4-12)10-25-21(23)24)17(22)20-16-7-13-5-6-19-9-15(13)26-16/h1-7,9,14H,8,10,18H2,(H,20,22)/t14-/m1/s1. The van der Waals surface area contributed by atoms with E-state index in [0.717, 1.165) is 20.7 Å². The number of nitrogens with two attached hydrogens (primary N) is 1. The molecule has 0 saturated heterocycles. The lowest BCUT2D eigenvalue weighted by Gasteiger charge is -2.15. The number of pyridine rings is 1. The van der Waals surface area contributed by atoms with Crippen LogP contribution in [0.3, 0.4) is 0 Å². The van der Waals surface area contributed by atoms with Crippen molar-refractivity contribution in [3.05, 3.63) is 70.0 Å². The van der Waals surface area contributed by atoms with Gasteiger partial charge >= 0.3 is 0 Å². The number of nitrogens with zero attached hydrogens (tertiary/aromatic N) is 2. The summed E-state index contributed by atoms with van der Waals surface area (Å²) in [7, 11) is 0. The van der Waals surface area contributed by atoms with E-state index in [4.69, 9.17) is 5.73 Å². The lowest BCUT2D eigenvalue weighted by Crippen LogP contribution is -2.27. The molecule has 1 atom stereocenters. The van der Waals surface area contributed by atoms with E-state index >= 15 is 0 Å². The topological polar surface area (TPSA) is 120 Å². The highest BCUT2D eigenvalue weighted by Crippen LogP contribution is 2.29. The van der Waals surface area contributed by atoms with Crippen molar-refractivity contribution in [3.63, 3.8) is 0 Å². The first kappa shape index (κ1) is 17.8. The van der Waals surface area contributed by atoms with Gasteiger partial charge in [-0.25, -0.2) is 0 Å². The number of nitrogens with one attached hydrogen (secondary N) is 1. The number of aromatic nitrogens is 1. The van der Waals surface area contributed by atoms with E-state index < -0.39 is 11.0 Å².